The molecule has 16 heavy (non-hydrogen) atoms. The van der Waals surface area contributed by atoms with E-state index in [0.29, 0.717) is 5.25 Å². The van der Waals surface area contributed by atoms with Gasteiger partial charge in [0.15, 0.2) is 5.92 Å². The average molecular weight is 252 g/mol. The molecule has 0 aromatic rings. The second-order valence-corrected chi connectivity index (χ2v) is 5.14. The van der Waals surface area contributed by atoms with E-state index in [1.165, 1.54) is 6.07 Å². The number of thioether (sulfide) groups is 1. The first-order valence-electron chi connectivity index (χ1n) is 5.20. The average Bonchev–Trinajstić information content (AvgIpc) is 2.64. The molecule has 0 aliphatic heterocycles. The molecule has 3 unspecified atom stereocenters. The van der Waals surface area contributed by atoms with Crippen molar-refractivity contribution in [3.05, 3.63) is 0 Å². The zero-order valence-corrected chi connectivity index (χ0v) is 9.87. The van der Waals surface area contributed by atoms with Crippen molar-refractivity contribution in [2.45, 2.75) is 36.7 Å². The molecule has 0 aromatic heterocycles. The van der Waals surface area contributed by atoms with Gasteiger partial charge in [-0.2, -0.15) is 30.2 Å². The van der Waals surface area contributed by atoms with Crippen LogP contribution in [0.4, 0.5) is 13.2 Å². The van der Waals surface area contributed by atoms with E-state index in [9.17, 15) is 13.2 Å². The number of hydrogen-bond donors (Lipinski definition) is 1. The van der Waals surface area contributed by atoms with Crippen LogP contribution in [-0.2, 0) is 0 Å². The summed E-state index contributed by atoms with van der Waals surface area (Å²) in [5.74, 6) is -1.89. The molecule has 0 amide bonds. The van der Waals surface area contributed by atoms with Crippen molar-refractivity contribution in [1.29, 1.82) is 5.26 Å². The van der Waals surface area contributed by atoms with Gasteiger partial charge >= 0.3 is 6.18 Å². The summed E-state index contributed by atoms with van der Waals surface area (Å²) < 4.78 is 36.8. The molecule has 1 aliphatic carbocycles. The van der Waals surface area contributed by atoms with E-state index in [-0.39, 0.29) is 12.6 Å². The van der Waals surface area contributed by atoms with Crippen LogP contribution in [-0.4, -0.2) is 30.3 Å². The van der Waals surface area contributed by atoms with E-state index in [0.717, 1.165) is 19.3 Å². The highest BCUT2D eigenvalue weighted by Crippen LogP contribution is 2.29. The van der Waals surface area contributed by atoms with E-state index in [2.05, 4.69) is 5.32 Å². The van der Waals surface area contributed by atoms with Gasteiger partial charge in [0.05, 0.1) is 6.07 Å². The molecular formula is C10H15F3N2S. The third-order valence-corrected chi connectivity index (χ3v) is 3.97. The summed E-state index contributed by atoms with van der Waals surface area (Å²) in [6.07, 6.45) is 0.445. The first-order valence-corrected chi connectivity index (χ1v) is 6.48. The van der Waals surface area contributed by atoms with Gasteiger partial charge in [0, 0.05) is 17.8 Å². The molecule has 0 aromatic carbocycles. The van der Waals surface area contributed by atoms with Gasteiger partial charge in [0.25, 0.3) is 0 Å². The molecule has 1 aliphatic rings. The summed E-state index contributed by atoms with van der Waals surface area (Å²) in [6.45, 7) is -0.286. The largest absolute Gasteiger partial charge is 0.405 e. The van der Waals surface area contributed by atoms with Crippen LogP contribution in [0.5, 0.6) is 0 Å². The lowest BCUT2D eigenvalue weighted by atomic mass is 10.1. The maximum absolute atomic E-state index is 12.3. The Morgan fingerprint density at radius 3 is 2.62 bits per heavy atom. The monoisotopic (exact) mass is 252 g/mol. The predicted octanol–water partition coefficient (Wildman–Crippen LogP) is 2.56. The van der Waals surface area contributed by atoms with Crippen LogP contribution < -0.4 is 5.32 Å². The van der Waals surface area contributed by atoms with Crippen LogP contribution in [0.25, 0.3) is 0 Å². The fourth-order valence-electron chi connectivity index (χ4n) is 1.86. The number of halogens is 3. The van der Waals surface area contributed by atoms with Crippen molar-refractivity contribution in [1.82, 2.24) is 5.32 Å². The van der Waals surface area contributed by atoms with Crippen LogP contribution >= 0.6 is 11.8 Å². The van der Waals surface area contributed by atoms with Gasteiger partial charge in [0.2, 0.25) is 0 Å². The number of hydrogen-bond acceptors (Lipinski definition) is 3. The fraction of sp³-hybridized carbons (Fsp3) is 0.900. The van der Waals surface area contributed by atoms with Gasteiger partial charge in [-0.05, 0) is 25.5 Å². The first kappa shape index (κ1) is 13.7. The van der Waals surface area contributed by atoms with E-state index in [4.69, 9.17) is 5.26 Å². The first-order chi connectivity index (χ1) is 7.47. The van der Waals surface area contributed by atoms with Crippen LogP contribution in [0.3, 0.4) is 0 Å². The second-order valence-electron chi connectivity index (χ2n) is 4.00. The van der Waals surface area contributed by atoms with Gasteiger partial charge in [-0.15, -0.1) is 0 Å². The Hall–Kier alpha value is -0.410. The van der Waals surface area contributed by atoms with Crippen LogP contribution in [0.2, 0.25) is 0 Å². The minimum absolute atomic E-state index is 0.135. The maximum atomic E-state index is 12.3. The lowest BCUT2D eigenvalue weighted by molar-refractivity contribution is -0.157. The highest BCUT2D eigenvalue weighted by molar-refractivity contribution is 7.99. The number of alkyl halides is 3. The molecule has 0 spiro atoms. The second kappa shape index (κ2) is 5.78. The van der Waals surface area contributed by atoms with Gasteiger partial charge in [-0.1, -0.05) is 0 Å². The Bertz CT molecular complexity index is 262. The van der Waals surface area contributed by atoms with Crippen molar-refractivity contribution >= 4 is 11.8 Å². The molecule has 1 rings (SSSR count). The van der Waals surface area contributed by atoms with Crippen molar-refractivity contribution in [3.63, 3.8) is 0 Å². The molecule has 1 saturated carbocycles. The maximum Gasteiger partial charge on any atom is 0.405 e. The number of nitrogens with zero attached hydrogens (tertiary/aromatic N) is 1. The van der Waals surface area contributed by atoms with E-state index in [1.807, 2.05) is 6.26 Å². The lowest BCUT2D eigenvalue weighted by Gasteiger charge is -2.17. The third kappa shape index (κ3) is 3.87. The molecule has 0 radical (unpaired) electrons. The Morgan fingerprint density at radius 1 is 1.50 bits per heavy atom. The standard InChI is InChI=1S/C10H15F3N2S/c1-16-9-3-2-8(4-9)15-6-7(5-14)10(11,12)13/h7-9,15H,2-4,6H2,1H3. The molecule has 2 nitrogen and oxygen atoms in total. The molecular weight excluding hydrogens is 237 g/mol. The molecule has 0 heterocycles. The van der Waals surface area contributed by atoms with E-state index >= 15 is 0 Å². The normalized spacial score (nSPS) is 27.7. The summed E-state index contributed by atoms with van der Waals surface area (Å²) in [7, 11) is 0. The Kier molecular flexibility index (Phi) is 4.93. The molecule has 92 valence electrons. The van der Waals surface area contributed by atoms with Gasteiger partial charge in [0.1, 0.15) is 0 Å². The summed E-state index contributed by atoms with van der Waals surface area (Å²) in [5, 5.41) is 11.8. The minimum Gasteiger partial charge on any atom is -0.312 e. The summed E-state index contributed by atoms with van der Waals surface area (Å²) in [4.78, 5) is 0. The quantitative estimate of drug-likeness (QED) is 0.835. The summed E-state index contributed by atoms with van der Waals surface area (Å²) in [6, 6.07) is 1.43. The Morgan fingerprint density at radius 2 is 2.19 bits per heavy atom. The summed E-state index contributed by atoms with van der Waals surface area (Å²) in [5.41, 5.74) is 0. The lowest BCUT2D eigenvalue weighted by Crippen LogP contribution is -2.37. The predicted molar refractivity (Wildman–Crippen MR) is 58.1 cm³/mol. The number of nitriles is 1. The van der Waals surface area contributed by atoms with Gasteiger partial charge < -0.3 is 5.32 Å². The van der Waals surface area contributed by atoms with Crippen LogP contribution in [0, 0.1) is 17.2 Å². The van der Waals surface area contributed by atoms with E-state index < -0.39 is 12.1 Å². The number of nitrogens with one attached hydrogen (secondary N) is 1. The zero-order chi connectivity index (χ0) is 12.2. The zero-order valence-electron chi connectivity index (χ0n) is 9.05. The van der Waals surface area contributed by atoms with Crippen molar-refractivity contribution in [3.8, 4) is 6.07 Å². The SMILES string of the molecule is CSC1CCC(NCC(C#N)C(F)(F)F)C1. The molecule has 1 N–H and O–H groups in total. The Labute approximate surface area is 97.6 Å². The van der Waals surface area contributed by atoms with Crippen LogP contribution in [0.15, 0.2) is 0 Å². The van der Waals surface area contributed by atoms with Crippen LogP contribution in [0.1, 0.15) is 19.3 Å². The van der Waals surface area contributed by atoms with E-state index in [1.54, 1.807) is 11.8 Å². The fourth-order valence-corrected chi connectivity index (χ4v) is 2.66. The smallest absolute Gasteiger partial charge is 0.312 e. The highest BCUT2D eigenvalue weighted by atomic mass is 32.2. The number of rotatable bonds is 4. The van der Waals surface area contributed by atoms with Crippen molar-refractivity contribution in [2.24, 2.45) is 5.92 Å². The molecule has 0 saturated heterocycles. The molecule has 6 heteroatoms. The molecule has 3 atom stereocenters. The molecule has 1 fully saturated rings. The Balaban J connectivity index is 2.32. The van der Waals surface area contributed by atoms with Crippen molar-refractivity contribution in [2.75, 3.05) is 12.8 Å². The third-order valence-electron chi connectivity index (χ3n) is 2.88. The van der Waals surface area contributed by atoms with Crippen molar-refractivity contribution < 1.29 is 13.2 Å². The van der Waals surface area contributed by atoms with Gasteiger partial charge in [-0.3, -0.25) is 0 Å². The summed E-state index contributed by atoms with van der Waals surface area (Å²) >= 11 is 1.75. The molecule has 0 bridgehead atoms. The van der Waals surface area contributed by atoms with Gasteiger partial charge in [-0.25, -0.2) is 0 Å². The minimum atomic E-state index is -4.42. The topological polar surface area (TPSA) is 35.8 Å². The highest BCUT2D eigenvalue weighted by Gasteiger charge is 2.40.